The van der Waals surface area contributed by atoms with Crippen molar-refractivity contribution in [3.63, 3.8) is 0 Å². The Morgan fingerprint density at radius 3 is 1.92 bits per heavy atom. The summed E-state index contributed by atoms with van der Waals surface area (Å²) in [6.07, 6.45) is 3.56. The third-order valence-corrected chi connectivity index (χ3v) is 10.6. The lowest BCUT2D eigenvalue weighted by molar-refractivity contribution is -0.152. The van der Waals surface area contributed by atoms with Gasteiger partial charge in [0.15, 0.2) is 7.29 Å². The second kappa shape index (κ2) is 12.9. The second-order valence-corrected chi connectivity index (χ2v) is 13.6. The van der Waals surface area contributed by atoms with Crippen LogP contribution in [0.1, 0.15) is 57.1 Å². The van der Waals surface area contributed by atoms with Crippen LogP contribution in [0.4, 0.5) is 0 Å². The number of carboxylic acid groups (broad SMARTS) is 1. The first-order valence-corrected chi connectivity index (χ1v) is 16.1. The summed E-state index contributed by atoms with van der Waals surface area (Å²) in [7, 11) is -3.14. The highest BCUT2D eigenvalue weighted by atomic mass is 31.2. The van der Waals surface area contributed by atoms with Gasteiger partial charge >= 0.3 is 5.97 Å². The Hall–Kier alpha value is -2.96. The molecule has 2 saturated heterocycles. The fourth-order valence-corrected chi connectivity index (χ4v) is 8.53. The molecule has 0 aromatic heterocycles. The fraction of sp³-hybridized carbons (Fsp3) is 0.500. The van der Waals surface area contributed by atoms with Gasteiger partial charge in [-0.05, 0) is 42.7 Å². The molecule has 0 saturated carbocycles. The molecule has 9 heteroatoms. The number of carbonyl (C=O) groups excluding carboxylic acids is 2. The van der Waals surface area contributed by atoms with Crippen molar-refractivity contribution < 1.29 is 24.1 Å². The summed E-state index contributed by atoms with van der Waals surface area (Å²) < 4.78 is 14.6. The van der Waals surface area contributed by atoms with Crippen molar-refractivity contribution in [2.24, 2.45) is 5.92 Å². The molecule has 0 spiro atoms. The van der Waals surface area contributed by atoms with Gasteiger partial charge in [0.1, 0.15) is 12.1 Å². The zero-order valence-corrected chi connectivity index (χ0v) is 23.8. The molecule has 8 nitrogen and oxygen atoms in total. The molecule has 0 aliphatic carbocycles. The average Bonchev–Trinajstić information content (AvgIpc) is 3.62. The Kier molecular flexibility index (Phi) is 9.62. The molecule has 210 valence electrons. The van der Waals surface area contributed by atoms with Crippen molar-refractivity contribution in [1.29, 1.82) is 0 Å². The summed E-state index contributed by atoms with van der Waals surface area (Å²) in [5.74, 6) is -1.64. The van der Waals surface area contributed by atoms with Gasteiger partial charge in [-0.15, -0.1) is 0 Å². The summed E-state index contributed by atoms with van der Waals surface area (Å²) in [5, 5.41) is 13.0. The number of nitrogens with one attached hydrogen (secondary N) is 1. The van der Waals surface area contributed by atoms with Gasteiger partial charge in [-0.2, -0.15) is 0 Å². The van der Waals surface area contributed by atoms with Crippen LogP contribution in [0.5, 0.6) is 0 Å². The number of benzene rings is 2. The standard InChI is InChI=1S/C30H40N3O5P/c1-3-22(2)27(29(35)32-18-10-16-25(32)28(34)33-19-11-17-26(33)30(36)37)31-39(38,20-23-12-6-4-7-13-23)21-24-14-8-5-9-15-24/h4-9,12-15,22,25-27H,3,10-11,16-21H2,1-2H3,(H,31,38)(H,36,37)/t22?,25-,26-,27-/m0/s1. The molecule has 1 unspecified atom stereocenters. The zero-order chi connectivity index (χ0) is 28.0. The van der Waals surface area contributed by atoms with E-state index < -0.39 is 31.4 Å². The summed E-state index contributed by atoms with van der Waals surface area (Å²) in [6, 6.07) is 17.1. The minimum Gasteiger partial charge on any atom is -0.480 e. The maximum atomic E-state index is 14.6. The van der Waals surface area contributed by atoms with Gasteiger partial charge in [-0.25, -0.2) is 4.79 Å². The highest BCUT2D eigenvalue weighted by molar-refractivity contribution is 7.60. The molecule has 2 aliphatic rings. The first-order valence-electron chi connectivity index (χ1n) is 14.0. The number of amides is 2. The van der Waals surface area contributed by atoms with Crippen molar-refractivity contribution >= 4 is 25.1 Å². The number of aliphatic carboxylic acids is 1. The summed E-state index contributed by atoms with van der Waals surface area (Å²) >= 11 is 0. The summed E-state index contributed by atoms with van der Waals surface area (Å²) in [4.78, 5) is 42.4. The van der Waals surface area contributed by atoms with Crippen molar-refractivity contribution in [3.8, 4) is 0 Å². The van der Waals surface area contributed by atoms with Crippen LogP contribution in [0.15, 0.2) is 60.7 Å². The van der Waals surface area contributed by atoms with Gasteiger partial charge in [0, 0.05) is 25.4 Å². The van der Waals surface area contributed by atoms with E-state index in [1.165, 1.54) is 4.90 Å². The quantitative estimate of drug-likeness (QED) is 0.390. The van der Waals surface area contributed by atoms with Crippen LogP contribution in [0, 0.1) is 5.92 Å². The maximum absolute atomic E-state index is 14.6. The van der Waals surface area contributed by atoms with Crippen molar-refractivity contribution in [2.45, 2.75) is 76.4 Å². The normalized spacial score (nSPS) is 21.1. The summed E-state index contributed by atoms with van der Waals surface area (Å²) in [5.41, 5.74) is 1.87. The lowest BCUT2D eigenvalue weighted by Crippen LogP contribution is -2.55. The molecule has 4 rings (SSSR count). The van der Waals surface area contributed by atoms with E-state index in [0.717, 1.165) is 11.1 Å². The van der Waals surface area contributed by atoms with Gasteiger partial charge in [-0.1, -0.05) is 80.9 Å². The Morgan fingerprint density at radius 2 is 1.41 bits per heavy atom. The molecule has 39 heavy (non-hydrogen) atoms. The minimum absolute atomic E-state index is 0.118. The molecule has 2 N–H and O–H groups in total. The lowest BCUT2D eigenvalue weighted by Gasteiger charge is -2.35. The predicted molar refractivity (Wildman–Crippen MR) is 151 cm³/mol. The molecule has 2 amide bonds. The molecular formula is C30H40N3O5P. The third kappa shape index (κ3) is 6.98. The zero-order valence-electron chi connectivity index (χ0n) is 22.9. The highest BCUT2D eigenvalue weighted by Gasteiger charge is 2.45. The molecule has 2 aromatic carbocycles. The van der Waals surface area contributed by atoms with Gasteiger partial charge < -0.3 is 19.5 Å². The highest BCUT2D eigenvalue weighted by Crippen LogP contribution is 2.49. The first-order chi connectivity index (χ1) is 18.7. The van der Waals surface area contributed by atoms with E-state index in [4.69, 9.17) is 0 Å². The number of carboxylic acids is 1. The first kappa shape index (κ1) is 29.0. The number of rotatable bonds is 11. The Balaban J connectivity index is 1.60. The number of carbonyl (C=O) groups is 3. The van der Waals surface area contributed by atoms with Crippen LogP contribution >= 0.6 is 7.29 Å². The third-order valence-electron chi connectivity index (χ3n) is 8.06. The Bertz CT molecular complexity index is 1150. The second-order valence-electron chi connectivity index (χ2n) is 10.9. The molecular weight excluding hydrogens is 513 g/mol. The van der Waals surface area contributed by atoms with Crippen molar-refractivity contribution in [3.05, 3.63) is 71.8 Å². The average molecular weight is 554 g/mol. The lowest BCUT2D eigenvalue weighted by atomic mass is 9.98. The molecule has 2 fully saturated rings. The Morgan fingerprint density at radius 1 is 0.897 bits per heavy atom. The molecule has 4 atom stereocenters. The van der Waals surface area contributed by atoms with Crippen LogP contribution in [0.25, 0.3) is 0 Å². The number of nitrogens with zero attached hydrogens (tertiary/aromatic N) is 2. The van der Waals surface area contributed by atoms with Gasteiger partial charge in [-0.3, -0.25) is 14.7 Å². The van der Waals surface area contributed by atoms with E-state index in [1.807, 2.05) is 74.5 Å². The van der Waals surface area contributed by atoms with Gasteiger partial charge in [0.05, 0.1) is 6.04 Å². The minimum atomic E-state index is -3.14. The van der Waals surface area contributed by atoms with Crippen LogP contribution in [-0.4, -0.2) is 63.9 Å². The topological polar surface area (TPSA) is 107 Å². The number of hydrogen-bond donors (Lipinski definition) is 2. The molecule has 2 heterocycles. The van der Waals surface area contributed by atoms with E-state index in [1.54, 1.807) is 4.90 Å². The Labute approximate surface area is 231 Å². The SMILES string of the molecule is CCC(C)[C@H](NP(=O)(Cc1ccccc1)Cc1ccccc1)C(=O)N1CCC[C@H]1C(=O)N1CCC[C@H]1C(=O)O. The van der Waals surface area contributed by atoms with Crippen LogP contribution in [0.3, 0.4) is 0 Å². The molecule has 2 aromatic rings. The van der Waals surface area contributed by atoms with Crippen molar-refractivity contribution in [1.82, 2.24) is 14.9 Å². The van der Waals surface area contributed by atoms with Crippen LogP contribution in [0.2, 0.25) is 0 Å². The maximum Gasteiger partial charge on any atom is 0.326 e. The predicted octanol–water partition coefficient (Wildman–Crippen LogP) is 4.74. The van der Waals surface area contributed by atoms with Crippen LogP contribution < -0.4 is 5.09 Å². The van der Waals surface area contributed by atoms with Gasteiger partial charge in [0.2, 0.25) is 11.8 Å². The van der Waals surface area contributed by atoms with Gasteiger partial charge in [0.25, 0.3) is 0 Å². The number of likely N-dealkylation sites (tertiary alicyclic amines) is 2. The fourth-order valence-electron chi connectivity index (χ4n) is 5.76. The van der Waals surface area contributed by atoms with Crippen LogP contribution in [-0.2, 0) is 31.3 Å². The van der Waals surface area contributed by atoms with E-state index in [0.29, 0.717) is 57.5 Å². The largest absolute Gasteiger partial charge is 0.480 e. The van der Waals surface area contributed by atoms with E-state index in [2.05, 4.69) is 5.09 Å². The molecule has 0 bridgehead atoms. The number of hydrogen-bond acceptors (Lipinski definition) is 4. The van der Waals surface area contributed by atoms with Crippen molar-refractivity contribution in [2.75, 3.05) is 13.1 Å². The van der Waals surface area contributed by atoms with E-state index >= 15 is 0 Å². The van der Waals surface area contributed by atoms with E-state index in [9.17, 15) is 24.1 Å². The smallest absolute Gasteiger partial charge is 0.326 e. The summed E-state index contributed by atoms with van der Waals surface area (Å²) in [6.45, 7) is 4.79. The van der Waals surface area contributed by atoms with E-state index in [-0.39, 0.29) is 17.7 Å². The monoisotopic (exact) mass is 553 g/mol. The molecule has 0 radical (unpaired) electrons. The molecule has 2 aliphatic heterocycles.